The highest BCUT2D eigenvalue weighted by atomic mass is 35.5. The number of halogens is 1. The Labute approximate surface area is 139 Å². The molecule has 0 atom stereocenters. The van der Waals surface area contributed by atoms with Crippen LogP contribution in [0.4, 0.5) is 10.8 Å². The lowest BCUT2D eigenvalue weighted by atomic mass is 10.2. The molecule has 0 fully saturated rings. The molecule has 4 aromatic rings. The summed E-state index contributed by atoms with van der Waals surface area (Å²) in [6, 6.07) is 15.6. The molecule has 0 aliphatic rings. The standard InChI is InChI=1S/C15H9ClN4S2/c16-9-5-7-10(8-6-9)17-15-19-18-14(21-15)13-11-3-1-2-4-12(11)22-20-13/h1-8H,(H,17,19). The average Bonchev–Trinajstić information content (AvgIpc) is 3.16. The summed E-state index contributed by atoms with van der Waals surface area (Å²) < 4.78 is 5.65. The van der Waals surface area contributed by atoms with E-state index in [1.54, 1.807) is 0 Å². The molecule has 0 saturated heterocycles. The highest BCUT2D eigenvalue weighted by molar-refractivity contribution is 7.19. The minimum atomic E-state index is 0.706. The summed E-state index contributed by atoms with van der Waals surface area (Å²) in [5.41, 5.74) is 1.82. The van der Waals surface area contributed by atoms with Gasteiger partial charge in [0.25, 0.3) is 0 Å². The smallest absolute Gasteiger partial charge is 0.210 e. The van der Waals surface area contributed by atoms with Crippen LogP contribution in [0.3, 0.4) is 0 Å². The van der Waals surface area contributed by atoms with Crippen molar-refractivity contribution >= 4 is 55.4 Å². The summed E-state index contributed by atoms with van der Waals surface area (Å²) >= 11 is 8.84. The fourth-order valence-corrected chi connectivity index (χ4v) is 3.79. The molecule has 4 rings (SSSR count). The van der Waals surface area contributed by atoms with Crippen molar-refractivity contribution in [2.45, 2.75) is 0 Å². The summed E-state index contributed by atoms with van der Waals surface area (Å²) in [4.78, 5) is 0. The maximum absolute atomic E-state index is 5.88. The van der Waals surface area contributed by atoms with Gasteiger partial charge in [0.05, 0.1) is 4.70 Å². The minimum Gasteiger partial charge on any atom is -0.330 e. The molecule has 2 heterocycles. The number of hydrogen-bond donors (Lipinski definition) is 1. The fraction of sp³-hybridized carbons (Fsp3) is 0. The molecule has 0 radical (unpaired) electrons. The van der Waals surface area contributed by atoms with Gasteiger partial charge in [-0.05, 0) is 41.9 Å². The third-order valence-corrected chi connectivity index (χ3v) is 5.02. The Morgan fingerprint density at radius 1 is 0.955 bits per heavy atom. The second-order valence-electron chi connectivity index (χ2n) is 4.57. The molecule has 0 amide bonds. The Hall–Kier alpha value is -2.02. The number of aromatic nitrogens is 3. The molecule has 1 N–H and O–H groups in total. The van der Waals surface area contributed by atoms with Gasteiger partial charge in [0.2, 0.25) is 5.13 Å². The van der Waals surface area contributed by atoms with Gasteiger partial charge in [-0.3, -0.25) is 0 Å². The summed E-state index contributed by atoms with van der Waals surface area (Å²) in [5.74, 6) is 0. The van der Waals surface area contributed by atoms with E-state index in [2.05, 4.69) is 32.0 Å². The first-order valence-electron chi connectivity index (χ1n) is 6.50. The number of nitrogens with zero attached hydrogens (tertiary/aromatic N) is 3. The predicted octanol–water partition coefficient (Wildman–Crippen LogP) is 5.21. The number of rotatable bonds is 3. The van der Waals surface area contributed by atoms with Crippen LogP contribution in [-0.4, -0.2) is 14.6 Å². The molecule has 2 aromatic heterocycles. The molecule has 0 unspecified atom stereocenters. The van der Waals surface area contributed by atoms with Crippen LogP contribution in [0.25, 0.3) is 20.8 Å². The van der Waals surface area contributed by atoms with Crippen molar-refractivity contribution in [2.24, 2.45) is 0 Å². The molecule has 2 aromatic carbocycles. The van der Waals surface area contributed by atoms with Crippen molar-refractivity contribution in [1.82, 2.24) is 14.6 Å². The van der Waals surface area contributed by atoms with E-state index in [4.69, 9.17) is 11.6 Å². The molecule has 108 valence electrons. The monoisotopic (exact) mass is 344 g/mol. The van der Waals surface area contributed by atoms with E-state index in [9.17, 15) is 0 Å². The lowest BCUT2D eigenvalue weighted by Gasteiger charge is -2.00. The van der Waals surface area contributed by atoms with E-state index in [1.165, 1.54) is 22.9 Å². The summed E-state index contributed by atoms with van der Waals surface area (Å²) in [7, 11) is 0. The van der Waals surface area contributed by atoms with Crippen molar-refractivity contribution in [3.8, 4) is 10.7 Å². The first-order chi connectivity index (χ1) is 10.8. The Balaban J connectivity index is 1.65. The molecule has 0 saturated carbocycles. The Morgan fingerprint density at radius 3 is 2.64 bits per heavy atom. The van der Waals surface area contributed by atoms with Crippen molar-refractivity contribution in [3.63, 3.8) is 0 Å². The van der Waals surface area contributed by atoms with Crippen LogP contribution in [0.15, 0.2) is 48.5 Å². The van der Waals surface area contributed by atoms with Gasteiger partial charge in [-0.1, -0.05) is 41.1 Å². The van der Waals surface area contributed by atoms with Crippen LogP contribution in [0.5, 0.6) is 0 Å². The normalized spacial score (nSPS) is 11.0. The Bertz CT molecular complexity index is 930. The molecule has 0 aliphatic heterocycles. The van der Waals surface area contributed by atoms with Crippen LogP contribution in [0.1, 0.15) is 0 Å². The topological polar surface area (TPSA) is 50.7 Å². The van der Waals surface area contributed by atoms with Gasteiger partial charge in [-0.25, -0.2) is 0 Å². The van der Waals surface area contributed by atoms with Crippen LogP contribution in [-0.2, 0) is 0 Å². The van der Waals surface area contributed by atoms with E-state index in [0.717, 1.165) is 31.6 Å². The van der Waals surface area contributed by atoms with Crippen LogP contribution in [0.2, 0.25) is 5.02 Å². The largest absolute Gasteiger partial charge is 0.330 e. The molecule has 0 spiro atoms. The van der Waals surface area contributed by atoms with Crippen molar-refractivity contribution in [3.05, 3.63) is 53.6 Å². The SMILES string of the molecule is Clc1ccc(Nc2nnc(-c3nsc4ccccc34)s2)cc1. The van der Waals surface area contributed by atoms with Crippen LogP contribution >= 0.6 is 34.5 Å². The van der Waals surface area contributed by atoms with Crippen molar-refractivity contribution < 1.29 is 0 Å². The predicted molar refractivity (Wildman–Crippen MR) is 93.3 cm³/mol. The second kappa shape index (κ2) is 5.64. The zero-order valence-electron chi connectivity index (χ0n) is 11.2. The van der Waals surface area contributed by atoms with E-state index >= 15 is 0 Å². The third-order valence-electron chi connectivity index (χ3n) is 3.10. The number of anilines is 2. The van der Waals surface area contributed by atoms with Gasteiger partial charge < -0.3 is 5.32 Å². The molecule has 22 heavy (non-hydrogen) atoms. The van der Waals surface area contributed by atoms with Gasteiger partial charge >= 0.3 is 0 Å². The zero-order chi connectivity index (χ0) is 14.9. The number of hydrogen-bond acceptors (Lipinski definition) is 6. The minimum absolute atomic E-state index is 0.706. The average molecular weight is 345 g/mol. The number of benzene rings is 2. The lowest BCUT2D eigenvalue weighted by Crippen LogP contribution is -1.88. The van der Waals surface area contributed by atoms with E-state index < -0.39 is 0 Å². The molecule has 0 aliphatic carbocycles. The maximum atomic E-state index is 5.88. The lowest BCUT2D eigenvalue weighted by molar-refractivity contribution is 1.09. The first-order valence-corrected chi connectivity index (χ1v) is 8.47. The zero-order valence-corrected chi connectivity index (χ0v) is 13.5. The Morgan fingerprint density at radius 2 is 1.77 bits per heavy atom. The number of nitrogens with one attached hydrogen (secondary N) is 1. The second-order valence-corrected chi connectivity index (χ2v) is 6.79. The van der Waals surface area contributed by atoms with Gasteiger partial charge in [0, 0.05) is 16.1 Å². The fourth-order valence-electron chi connectivity index (χ4n) is 2.07. The van der Waals surface area contributed by atoms with Crippen LogP contribution in [0, 0.1) is 0 Å². The van der Waals surface area contributed by atoms with Gasteiger partial charge in [-0.15, -0.1) is 10.2 Å². The highest BCUT2D eigenvalue weighted by Crippen LogP contribution is 2.34. The summed E-state index contributed by atoms with van der Waals surface area (Å²) in [6.45, 7) is 0. The quantitative estimate of drug-likeness (QED) is 0.554. The van der Waals surface area contributed by atoms with E-state index in [0.29, 0.717) is 5.02 Å². The summed E-state index contributed by atoms with van der Waals surface area (Å²) in [5, 5.41) is 15.0. The van der Waals surface area contributed by atoms with Crippen molar-refractivity contribution in [1.29, 1.82) is 0 Å². The molecule has 0 bridgehead atoms. The number of fused-ring (bicyclic) bond motifs is 1. The molecule has 7 heteroatoms. The van der Waals surface area contributed by atoms with E-state index in [-0.39, 0.29) is 0 Å². The van der Waals surface area contributed by atoms with Gasteiger partial charge in [0.1, 0.15) is 5.69 Å². The van der Waals surface area contributed by atoms with Crippen molar-refractivity contribution in [2.75, 3.05) is 5.32 Å². The van der Waals surface area contributed by atoms with Gasteiger partial charge in [-0.2, -0.15) is 4.37 Å². The molecular weight excluding hydrogens is 336 g/mol. The third kappa shape index (κ3) is 2.56. The summed E-state index contributed by atoms with van der Waals surface area (Å²) in [6.07, 6.45) is 0. The molecular formula is C15H9ClN4S2. The maximum Gasteiger partial charge on any atom is 0.210 e. The Kier molecular flexibility index (Phi) is 3.49. The molecule has 4 nitrogen and oxygen atoms in total. The van der Waals surface area contributed by atoms with Crippen LogP contribution < -0.4 is 5.32 Å². The highest BCUT2D eigenvalue weighted by Gasteiger charge is 2.13. The first kappa shape index (κ1) is 13.6. The van der Waals surface area contributed by atoms with E-state index in [1.807, 2.05) is 36.4 Å². The van der Waals surface area contributed by atoms with Gasteiger partial charge in [0.15, 0.2) is 5.01 Å².